The fraction of sp³-hybridized carbons (Fsp3) is 0.923. The molecule has 4 nitrogen and oxygen atoms in total. The average Bonchev–Trinajstić information content (AvgIpc) is 3.19. The zero-order valence-electron chi connectivity index (χ0n) is 38.1. The monoisotopic (exact) mass is 789 g/mol. The van der Waals surface area contributed by atoms with Gasteiger partial charge >= 0.3 is 11.9 Å². The SMILES string of the molecule is CCCCCCCC/C=C\CCCCCCCC(=O)OCCCCCCCCCCCCCCCCCCCCCCCCCCCCCCCCCC(=O)O. The van der Waals surface area contributed by atoms with E-state index in [4.69, 9.17) is 9.84 Å². The third kappa shape index (κ3) is 50.7. The number of hydrogen-bond acceptors (Lipinski definition) is 3. The Morgan fingerprint density at radius 3 is 0.893 bits per heavy atom. The predicted molar refractivity (Wildman–Crippen MR) is 246 cm³/mol. The van der Waals surface area contributed by atoms with E-state index >= 15 is 0 Å². The number of carboxylic acid groups (broad SMARTS) is 1. The Morgan fingerprint density at radius 1 is 0.339 bits per heavy atom. The number of rotatable bonds is 49. The van der Waals surface area contributed by atoms with Crippen molar-refractivity contribution in [3.8, 4) is 0 Å². The van der Waals surface area contributed by atoms with Crippen LogP contribution in [0.4, 0.5) is 0 Å². The van der Waals surface area contributed by atoms with Crippen molar-refractivity contribution in [2.75, 3.05) is 6.61 Å². The van der Waals surface area contributed by atoms with E-state index in [1.807, 2.05) is 0 Å². The van der Waals surface area contributed by atoms with Gasteiger partial charge in [0, 0.05) is 12.8 Å². The van der Waals surface area contributed by atoms with Gasteiger partial charge in [-0.05, 0) is 44.9 Å². The van der Waals surface area contributed by atoms with Crippen LogP contribution in [0.5, 0.6) is 0 Å². The summed E-state index contributed by atoms with van der Waals surface area (Å²) in [5.41, 5.74) is 0. The zero-order valence-corrected chi connectivity index (χ0v) is 38.1. The maximum absolute atomic E-state index is 12.0. The molecule has 0 spiro atoms. The number of carbonyl (C=O) groups excluding carboxylic acids is 1. The molecule has 0 bridgehead atoms. The van der Waals surface area contributed by atoms with Crippen LogP contribution in [0.15, 0.2) is 12.2 Å². The van der Waals surface area contributed by atoms with Crippen LogP contribution < -0.4 is 0 Å². The summed E-state index contributed by atoms with van der Waals surface area (Å²) in [6, 6.07) is 0. The summed E-state index contributed by atoms with van der Waals surface area (Å²) in [7, 11) is 0. The highest BCUT2D eigenvalue weighted by Crippen LogP contribution is 2.17. The number of carboxylic acids is 1. The Morgan fingerprint density at radius 2 is 0.589 bits per heavy atom. The third-order valence-electron chi connectivity index (χ3n) is 11.9. The molecule has 0 aromatic heterocycles. The van der Waals surface area contributed by atoms with Gasteiger partial charge in [0.25, 0.3) is 0 Å². The number of aliphatic carboxylic acids is 1. The van der Waals surface area contributed by atoms with E-state index in [1.54, 1.807) is 0 Å². The molecule has 1 N–H and O–H groups in total. The molecule has 0 fully saturated rings. The molecule has 0 saturated carbocycles. The lowest BCUT2D eigenvalue weighted by molar-refractivity contribution is -0.144. The average molecular weight is 789 g/mol. The molecule has 0 rings (SSSR count). The molecule has 0 aliphatic carbocycles. The minimum absolute atomic E-state index is 0.0148. The number of ether oxygens (including phenoxy) is 1. The molecule has 0 saturated heterocycles. The summed E-state index contributed by atoms with van der Waals surface area (Å²) in [4.78, 5) is 22.5. The Labute approximate surface area is 351 Å². The Kier molecular flexibility index (Phi) is 48.7. The van der Waals surface area contributed by atoms with E-state index in [0.717, 1.165) is 32.1 Å². The van der Waals surface area contributed by atoms with Gasteiger partial charge in [-0.25, -0.2) is 0 Å². The predicted octanol–water partition coefficient (Wildman–Crippen LogP) is 18.1. The van der Waals surface area contributed by atoms with Crippen molar-refractivity contribution in [3.05, 3.63) is 12.2 Å². The largest absolute Gasteiger partial charge is 0.481 e. The summed E-state index contributed by atoms with van der Waals surface area (Å²) in [5, 5.41) is 8.66. The van der Waals surface area contributed by atoms with Gasteiger partial charge in [-0.15, -0.1) is 0 Å². The van der Waals surface area contributed by atoms with Crippen LogP contribution in [0.2, 0.25) is 0 Å². The van der Waals surface area contributed by atoms with Crippen LogP contribution >= 0.6 is 0 Å². The molecule has 0 heterocycles. The summed E-state index contributed by atoms with van der Waals surface area (Å²) < 4.78 is 5.48. The minimum Gasteiger partial charge on any atom is -0.481 e. The van der Waals surface area contributed by atoms with Crippen molar-refractivity contribution in [1.82, 2.24) is 0 Å². The molecular formula is C52H100O4. The lowest BCUT2D eigenvalue weighted by Crippen LogP contribution is -2.05. The van der Waals surface area contributed by atoms with Crippen LogP contribution in [-0.2, 0) is 14.3 Å². The van der Waals surface area contributed by atoms with E-state index in [2.05, 4.69) is 19.1 Å². The molecule has 0 amide bonds. The van der Waals surface area contributed by atoms with Crippen LogP contribution in [0.25, 0.3) is 0 Å². The van der Waals surface area contributed by atoms with Crippen LogP contribution in [0.3, 0.4) is 0 Å². The molecule has 0 aliphatic heterocycles. The van der Waals surface area contributed by atoms with Crippen LogP contribution in [-0.4, -0.2) is 23.7 Å². The standard InChI is InChI=1S/C52H100O4/c1-2-3-4-5-6-7-8-9-27-31-34-37-40-43-46-49-52(55)56-50-47-44-41-38-35-32-29-26-24-22-20-18-16-14-12-10-11-13-15-17-19-21-23-25-28-30-33-36-39-42-45-48-51(53)54/h9,27H,2-8,10-26,28-50H2,1H3,(H,53,54)/b27-9-. The summed E-state index contributed by atoms with van der Waals surface area (Å²) in [6.45, 7) is 2.90. The molecule has 0 radical (unpaired) electrons. The highest BCUT2D eigenvalue weighted by atomic mass is 16.5. The van der Waals surface area contributed by atoms with Crippen molar-refractivity contribution in [3.63, 3.8) is 0 Å². The Bertz CT molecular complexity index is 792. The topological polar surface area (TPSA) is 63.6 Å². The molecule has 0 unspecified atom stereocenters. The van der Waals surface area contributed by atoms with Gasteiger partial charge in [0.15, 0.2) is 0 Å². The second kappa shape index (κ2) is 49.8. The fourth-order valence-electron chi connectivity index (χ4n) is 8.10. The van der Waals surface area contributed by atoms with Crippen molar-refractivity contribution in [2.45, 2.75) is 302 Å². The number of unbranched alkanes of at least 4 members (excludes halogenated alkanes) is 41. The second-order valence-electron chi connectivity index (χ2n) is 17.7. The van der Waals surface area contributed by atoms with Crippen molar-refractivity contribution < 1.29 is 19.4 Å². The zero-order chi connectivity index (χ0) is 40.5. The highest BCUT2D eigenvalue weighted by Gasteiger charge is 2.03. The second-order valence-corrected chi connectivity index (χ2v) is 17.7. The van der Waals surface area contributed by atoms with E-state index in [1.165, 1.54) is 250 Å². The third-order valence-corrected chi connectivity index (χ3v) is 11.9. The fourth-order valence-corrected chi connectivity index (χ4v) is 8.10. The van der Waals surface area contributed by atoms with Gasteiger partial charge in [0.05, 0.1) is 6.61 Å². The van der Waals surface area contributed by atoms with E-state index < -0.39 is 5.97 Å². The van der Waals surface area contributed by atoms with Gasteiger partial charge in [0.1, 0.15) is 0 Å². The first-order valence-corrected chi connectivity index (χ1v) is 25.7. The number of carbonyl (C=O) groups is 2. The summed E-state index contributed by atoms with van der Waals surface area (Å²) >= 11 is 0. The van der Waals surface area contributed by atoms with Gasteiger partial charge in [-0.1, -0.05) is 257 Å². The van der Waals surface area contributed by atoms with E-state index in [0.29, 0.717) is 19.4 Å². The normalized spacial score (nSPS) is 11.6. The van der Waals surface area contributed by atoms with Gasteiger partial charge < -0.3 is 9.84 Å². The number of hydrogen-bond donors (Lipinski definition) is 1. The Balaban J connectivity index is 3.15. The van der Waals surface area contributed by atoms with E-state index in [-0.39, 0.29) is 5.97 Å². The molecule has 0 aliphatic rings. The van der Waals surface area contributed by atoms with Crippen LogP contribution in [0.1, 0.15) is 302 Å². The van der Waals surface area contributed by atoms with Gasteiger partial charge in [0.2, 0.25) is 0 Å². The van der Waals surface area contributed by atoms with E-state index in [9.17, 15) is 9.59 Å². The smallest absolute Gasteiger partial charge is 0.305 e. The summed E-state index contributed by atoms with van der Waals surface area (Å²) in [6.07, 6.45) is 64.4. The van der Waals surface area contributed by atoms with Crippen molar-refractivity contribution in [2.24, 2.45) is 0 Å². The van der Waals surface area contributed by atoms with Crippen molar-refractivity contribution in [1.29, 1.82) is 0 Å². The van der Waals surface area contributed by atoms with Crippen LogP contribution in [0, 0.1) is 0 Å². The molecule has 332 valence electrons. The maximum atomic E-state index is 12.0. The lowest BCUT2D eigenvalue weighted by atomic mass is 10.0. The first kappa shape index (κ1) is 54.7. The summed E-state index contributed by atoms with van der Waals surface area (Å²) in [5.74, 6) is -0.637. The molecule has 0 atom stereocenters. The van der Waals surface area contributed by atoms with Gasteiger partial charge in [-0.3, -0.25) is 9.59 Å². The molecule has 4 heteroatoms. The minimum atomic E-state index is -0.652. The number of allylic oxidation sites excluding steroid dienone is 2. The first-order valence-electron chi connectivity index (χ1n) is 25.7. The highest BCUT2D eigenvalue weighted by molar-refractivity contribution is 5.69. The van der Waals surface area contributed by atoms with Gasteiger partial charge in [-0.2, -0.15) is 0 Å². The lowest BCUT2D eigenvalue weighted by Gasteiger charge is -2.06. The molecule has 0 aromatic rings. The maximum Gasteiger partial charge on any atom is 0.305 e. The first-order chi connectivity index (χ1) is 27.7. The molecule has 56 heavy (non-hydrogen) atoms. The molecule has 0 aromatic carbocycles. The Hall–Kier alpha value is -1.32. The number of esters is 1. The molecular weight excluding hydrogens is 689 g/mol. The van der Waals surface area contributed by atoms with Crippen molar-refractivity contribution >= 4 is 11.9 Å². The quantitative estimate of drug-likeness (QED) is 0.0379.